The predicted molar refractivity (Wildman–Crippen MR) is 133 cm³/mol. The van der Waals surface area contributed by atoms with E-state index >= 15 is 0 Å². The molecule has 3 rings (SSSR count). The lowest BCUT2D eigenvalue weighted by Crippen LogP contribution is -2.17. The summed E-state index contributed by atoms with van der Waals surface area (Å²) in [5, 5.41) is 12.5. The Bertz CT molecular complexity index is 1230. The molecule has 0 spiro atoms. The number of hydrogen-bond donors (Lipinski definition) is 2. The average molecular weight is 498 g/mol. The maximum Gasteiger partial charge on any atom is 0.336 e. The number of aromatic carboxylic acids is 1. The van der Waals surface area contributed by atoms with E-state index in [0.717, 1.165) is 36.2 Å². The Morgan fingerprint density at radius 3 is 2.46 bits per heavy atom. The van der Waals surface area contributed by atoms with Crippen LogP contribution in [0.15, 0.2) is 42.5 Å². The summed E-state index contributed by atoms with van der Waals surface area (Å²) in [6.45, 7) is 4.30. The molecule has 0 fully saturated rings. The van der Waals surface area contributed by atoms with Crippen LogP contribution in [0, 0.1) is 6.92 Å². The summed E-state index contributed by atoms with van der Waals surface area (Å²) in [6.07, 6.45) is 2.68. The zero-order valence-corrected chi connectivity index (χ0v) is 20.7. The summed E-state index contributed by atoms with van der Waals surface area (Å²) in [5.74, 6) is -1.26. The minimum absolute atomic E-state index is 0.0189. The van der Waals surface area contributed by atoms with Crippen molar-refractivity contribution in [1.29, 1.82) is 0 Å². The molecule has 0 aliphatic rings. The highest BCUT2D eigenvalue weighted by Crippen LogP contribution is 2.23. The van der Waals surface area contributed by atoms with Gasteiger partial charge >= 0.3 is 11.9 Å². The van der Waals surface area contributed by atoms with E-state index in [9.17, 15) is 19.5 Å². The molecule has 0 unspecified atom stereocenters. The van der Waals surface area contributed by atoms with Gasteiger partial charge in [-0.2, -0.15) is 0 Å². The Kier molecular flexibility index (Phi) is 8.65. The van der Waals surface area contributed by atoms with Crippen molar-refractivity contribution in [2.24, 2.45) is 0 Å². The molecule has 184 valence electrons. The highest BCUT2D eigenvalue weighted by molar-refractivity contribution is 6.30. The van der Waals surface area contributed by atoms with Gasteiger partial charge in [0, 0.05) is 18.7 Å². The summed E-state index contributed by atoms with van der Waals surface area (Å²) in [7, 11) is 1.33. The van der Waals surface area contributed by atoms with Crippen LogP contribution in [0.5, 0.6) is 0 Å². The van der Waals surface area contributed by atoms with Gasteiger partial charge in [0.2, 0.25) is 0 Å². The molecule has 35 heavy (non-hydrogen) atoms. The molecular weight excluding hydrogens is 470 g/mol. The van der Waals surface area contributed by atoms with Gasteiger partial charge in [0.15, 0.2) is 5.15 Å². The smallest absolute Gasteiger partial charge is 0.336 e. The second-order valence-electron chi connectivity index (χ2n) is 8.21. The molecule has 0 atom stereocenters. The fourth-order valence-corrected chi connectivity index (χ4v) is 3.97. The number of aryl methyl sites for hydroxylation is 2. The molecule has 0 saturated carbocycles. The highest BCUT2D eigenvalue weighted by atomic mass is 35.5. The van der Waals surface area contributed by atoms with Crippen molar-refractivity contribution in [2.75, 3.05) is 12.4 Å². The quantitative estimate of drug-likeness (QED) is 0.385. The van der Waals surface area contributed by atoms with Crippen LogP contribution in [0.1, 0.15) is 63.1 Å². The Morgan fingerprint density at radius 2 is 1.83 bits per heavy atom. The van der Waals surface area contributed by atoms with Gasteiger partial charge in [0.25, 0.3) is 5.91 Å². The zero-order chi connectivity index (χ0) is 25.5. The molecule has 2 aromatic carbocycles. The van der Waals surface area contributed by atoms with Gasteiger partial charge in [-0.1, -0.05) is 48.7 Å². The molecule has 0 saturated heterocycles. The van der Waals surface area contributed by atoms with Gasteiger partial charge in [-0.25, -0.2) is 9.78 Å². The molecule has 3 aromatic rings. The molecule has 1 aromatic heterocycles. The summed E-state index contributed by atoms with van der Waals surface area (Å²) < 4.78 is 6.75. The monoisotopic (exact) mass is 497 g/mol. The van der Waals surface area contributed by atoms with Crippen molar-refractivity contribution in [3.63, 3.8) is 0 Å². The van der Waals surface area contributed by atoms with Gasteiger partial charge in [-0.3, -0.25) is 9.59 Å². The fourth-order valence-electron chi connectivity index (χ4n) is 3.70. The van der Waals surface area contributed by atoms with Gasteiger partial charge in [-0.05, 0) is 43.2 Å². The predicted octanol–water partition coefficient (Wildman–Crippen LogP) is 4.90. The van der Waals surface area contributed by atoms with Gasteiger partial charge in [-0.15, -0.1) is 0 Å². The summed E-state index contributed by atoms with van der Waals surface area (Å²) in [6, 6.07) is 11.9. The third-order valence-electron chi connectivity index (χ3n) is 5.60. The van der Waals surface area contributed by atoms with E-state index in [0.29, 0.717) is 17.9 Å². The number of carboxylic acid groups (broad SMARTS) is 1. The van der Waals surface area contributed by atoms with Gasteiger partial charge in [0.1, 0.15) is 5.82 Å². The molecule has 0 radical (unpaired) electrons. The summed E-state index contributed by atoms with van der Waals surface area (Å²) >= 11 is 6.35. The number of aromatic nitrogens is 2. The number of imidazole rings is 1. The Morgan fingerprint density at radius 1 is 1.11 bits per heavy atom. The Labute approximate surface area is 208 Å². The van der Waals surface area contributed by atoms with Gasteiger partial charge < -0.3 is 19.7 Å². The lowest BCUT2D eigenvalue weighted by Gasteiger charge is -2.13. The van der Waals surface area contributed by atoms with Crippen LogP contribution in [0.3, 0.4) is 0 Å². The molecule has 2 N–H and O–H groups in total. The minimum atomic E-state index is -1.16. The van der Waals surface area contributed by atoms with Crippen LogP contribution < -0.4 is 5.32 Å². The number of carboxylic acids is 1. The number of carbonyl (C=O) groups is 3. The van der Waals surface area contributed by atoms with Crippen molar-refractivity contribution in [1.82, 2.24) is 9.55 Å². The Hall–Kier alpha value is -3.65. The number of amides is 1. The second-order valence-corrected chi connectivity index (χ2v) is 8.57. The van der Waals surface area contributed by atoms with Crippen LogP contribution >= 0.6 is 11.6 Å². The number of anilines is 1. The fraction of sp³-hybridized carbons (Fsp3) is 0.308. The third-order valence-corrected chi connectivity index (χ3v) is 5.90. The van der Waals surface area contributed by atoms with Crippen LogP contribution in [-0.4, -0.2) is 39.6 Å². The Balaban J connectivity index is 1.80. The standard InChI is InChI=1S/C26H28ClN3O5/c1-4-5-6-22-29-24(27)21(14-23(31)35-3)30(22)15-17-8-10-18(11-9-17)28-25(32)19-12-7-16(2)13-20(19)26(33)34/h7-13H,4-6,14-15H2,1-3H3,(H,28,32)(H,33,34). The minimum Gasteiger partial charge on any atom is -0.478 e. The number of rotatable bonds is 10. The number of hydrogen-bond acceptors (Lipinski definition) is 5. The highest BCUT2D eigenvalue weighted by Gasteiger charge is 2.20. The maximum atomic E-state index is 12.7. The van der Waals surface area contributed by atoms with E-state index in [-0.39, 0.29) is 22.7 Å². The third kappa shape index (κ3) is 6.48. The molecule has 8 nitrogen and oxygen atoms in total. The van der Waals surface area contributed by atoms with E-state index < -0.39 is 17.8 Å². The van der Waals surface area contributed by atoms with Crippen LogP contribution in [-0.2, 0) is 28.9 Å². The van der Waals surface area contributed by atoms with Crippen molar-refractivity contribution in [3.8, 4) is 0 Å². The lowest BCUT2D eigenvalue weighted by atomic mass is 10.0. The molecule has 9 heteroatoms. The first-order chi connectivity index (χ1) is 16.7. The molecule has 1 heterocycles. The molecule has 0 aliphatic carbocycles. The van der Waals surface area contributed by atoms with Crippen molar-refractivity contribution >= 4 is 35.1 Å². The van der Waals surface area contributed by atoms with Crippen LogP contribution in [0.4, 0.5) is 5.69 Å². The van der Waals surface area contributed by atoms with Crippen LogP contribution in [0.2, 0.25) is 5.15 Å². The number of halogens is 1. The largest absolute Gasteiger partial charge is 0.478 e. The number of ether oxygens (including phenoxy) is 1. The number of esters is 1. The van der Waals surface area contributed by atoms with E-state index in [1.807, 2.05) is 16.7 Å². The molecule has 0 aliphatic heterocycles. The van der Waals surface area contributed by atoms with E-state index in [1.165, 1.54) is 19.2 Å². The zero-order valence-electron chi connectivity index (χ0n) is 19.9. The van der Waals surface area contributed by atoms with Crippen LogP contribution in [0.25, 0.3) is 0 Å². The normalized spacial score (nSPS) is 10.7. The number of nitrogens with one attached hydrogen (secondary N) is 1. The molecule has 0 bridgehead atoms. The number of nitrogens with zero attached hydrogens (tertiary/aromatic N) is 2. The second kappa shape index (κ2) is 11.7. The van der Waals surface area contributed by atoms with Crippen molar-refractivity contribution in [2.45, 2.75) is 46.1 Å². The lowest BCUT2D eigenvalue weighted by molar-refractivity contribution is -0.139. The first kappa shape index (κ1) is 26.0. The first-order valence-corrected chi connectivity index (χ1v) is 11.7. The summed E-state index contributed by atoms with van der Waals surface area (Å²) in [4.78, 5) is 40.6. The number of carbonyl (C=O) groups excluding carboxylic acids is 2. The first-order valence-electron chi connectivity index (χ1n) is 11.3. The number of methoxy groups -OCH3 is 1. The molecule has 1 amide bonds. The number of benzene rings is 2. The maximum absolute atomic E-state index is 12.7. The van der Waals surface area contributed by atoms with E-state index in [2.05, 4.69) is 17.2 Å². The summed E-state index contributed by atoms with van der Waals surface area (Å²) in [5.41, 5.74) is 2.85. The van der Waals surface area contributed by atoms with Gasteiger partial charge in [0.05, 0.1) is 30.4 Å². The molecular formula is C26H28ClN3O5. The SMILES string of the molecule is CCCCc1nc(Cl)c(CC(=O)OC)n1Cc1ccc(NC(=O)c2ccc(C)cc2C(=O)O)cc1. The topological polar surface area (TPSA) is 111 Å². The average Bonchev–Trinajstić information content (AvgIpc) is 3.12. The van der Waals surface area contributed by atoms with E-state index in [1.54, 1.807) is 25.1 Å². The van der Waals surface area contributed by atoms with Crippen molar-refractivity contribution in [3.05, 3.63) is 81.4 Å². The van der Waals surface area contributed by atoms with Crippen molar-refractivity contribution < 1.29 is 24.2 Å². The van der Waals surface area contributed by atoms with E-state index in [4.69, 9.17) is 16.3 Å². The number of unbranched alkanes of at least 4 members (excludes halogenated alkanes) is 1.